The number of alkyl carbamates (subject to hydrolysis) is 1. The van der Waals surface area contributed by atoms with Crippen molar-refractivity contribution in [2.45, 2.75) is 71.3 Å². The number of benzene rings is 1. The van der Waals surface area contributed by atoms with E-state index in [0.717, 1.165) is 32.4 Å². The van der Waals surface area contributed by atoms with Gasteiger partial charge in [-0.15, -0.1) is 0 Å². The SMILES string of the molecule is CCCOC(=O)NC1CC(C(=O)N2C[C@H]3[C@H](c4cccc(C(C)(C)C)c4)[C@@]3(C)C2)C1. The Hall–Kier alpha value is -2.04. The zero-order chi connectivity index (χ0) is 21.7. The van der Waals surface area contributed by atoms with E-state index in [4.69, 9.17) is 4.74 Å². The summed E-state index contributed by atoms with van der Waals surface area (Å²) in [5.41, 5.74) is 3.17. The molecule has 2 aliphatic carbocycles. The minimum Gasteiger partial charge on any atom is -0.450 e. The Morgan fingerprint density at radius 2 is 2.00 bits per heavy atom. The van der Waals surface area contributed by atoms with Gasteiger partial charge in [0.25, 0.3) is 0 Å². The molecule has 3 fully saturated rings. The largest absolute Gasteiger partial charge is 0.450 e. The Balaban J connectivity index is 1.29. The molecule has 3 aliphatic rings. The minimum absolute atomic E-state index is 0.0465. The van der Waals surface area contributed by atoms with E-state index >= 15 is 0 Å². The molecule has 2 saturated carbocycles. The van der Waals surface area contributed by atoms with Gasteiger partial charge in [0.2, 0.25) is 5.91 Å². The molecule has 1 saturated heterocycles. The van der Waals surface area contributed by atoms with E-state index < -0.39 is 0 Å². The summed E-state index contributed by atoms with van der Waals surface area (Å²) in [5.74, 6) is 1.44. The maximum atomic E-state index is 13.0. The third-order valence-corrected chi connectivity index (χ3v) is 7.47. The topological polar surface area (TPSA) is 58.6 Å². The summed E-state index contributed by atoms with van der Waals surface area (Å²) in [5, 5.41) is 2.87. The van der Waals surface area contributed by atoms with Crippen LogP contribution in [0.2, 0.25) is 0 Å². The van der Waals surface area contributed by atoms with Crippen molar-refractivity contribution in [1.82, 2.24) is 10.2 Å². The lowest BCUT2D eigenvalue weighted by Gasteiger charge is -2.37. The van der Waals surface area contributed by atoms with Gasteiger partial charge in [-0.05, 0) is 53.1 Å². The first-order chi connectivity index (χ1) is 14.1. The van der Waals surface area contributed by atoms with Crippen LogP contribution >= 0.6 is 0 Å². The molecule has 0 unspecified atom stereocenters. The van der Waals surface area contributed by atoms with Crippen molar-refractivity contribution >= 4 is 12.0 Å². The number of rotatable bonds is 5. The molecule has 164 valence electrons. The van der Waals surface area contributed by atoms with E-state index in [1.807, 2.05) is 6.92 Å². The minimum atomic E-state index is -0.358. The van der Waals surface area contributed by atoms with E-state index in [1.165, 1.54) is 11.1 Å². The molecule has 4 rings (SSSR count). The van der Waals surface area contributed by atoms with Gasteiger partial charge in [0.1, 0.15) is 0 Å². The molecule has 5 nitrogen and oxygen atoms in total. The Labute approximate surface area is 180 Å². The van der Waals surface area contributed by atoms with Gasteiger partial charge in [0.05, 0.1) is 6.61 Å². The number of carbonyl (C=O) groups excluding carboxylic acids is 2. The van der Waals surface area contributed by atoms with Gasteiger partial charge in [-0.3, -0.25) is 4.79 Å². The van der Waals surface area contributed by atoms with Crippen molar-refractivity contribution in [3.8, 4) is 0 Å². The van der Waals surface area contributed by atoms with Gasteiger partial charge < -0.3 is 15.0 Å². The van der Waals surface area contributed by atoms with Crippen LogP contribution in [-0.2, 0) is 14.9 Å². The Morgan fingerprint density at radius 3 is 2.60 bits per heavy atom. The highest BCUT2D eigenvalue weighted by Gasteiger charge is 2.67. The molecule has 1 N–H and O–H groups in total. The van der Waals surface area contributed by atoms with Crippen molar-refractivity contribution in [2.24, 2.45) is 17.3 Å². The van der Waals surface area contributed by atoms with E-state index in [9.17, 15) is 9.59 Å². The normalized spacial score (nSPS) is 32.2. The second-order valence-corrected chi connectivity index (χ2v) is 10.8. The van der Waals surface area contributed by atoms with Crippen LogP contribution in [0, 0.1) is 17.3 Å². The van der Waals surface area contributed by atoms with Crippen molar-refractivity contribution in [2.75, 3.05) is 19.7 Å². The Kier molecular flexibility index (Phi) is 5.36. The number of likely N-dealkylation sites (tertiary alicyclic amines) is 1. The highest BCUT2D eigenvalue weighted by atomic mass is 16.5. The quantitative estimate of drug-likeness (QED) is 0.777. The summed E-state index contributed by atoms with van der Waals surface area (Å²) < 4.78 is 5.06. The van der Waals surface area contributed by atoms with Crippen LogP contribution in [0.3, 0.4) is 0 Å². The number of fused-ring (bicyclic) bond motifs is 1. The summed E-state index contributed by atoms with van der Waals surface area (Å²) in [6.07, 6.45) is 1.92. The number of nitrogens with zero attached hydrogens (tertiary/aromatic N) is 1. The second kappa shape index (κ2) is 7.58. The summed E-state index contributed by atoms with van der Waals surface area (Å²) in [7, 11) is 0. The van der Waals surface area contributed by atoms with Gasteiger partial charge in [0, 0.05) is 25.0 Å². The molecular weight excluding hydrogens is 376 g/mol. The monoisotopic (exact) mass is 412 g/mol. The Bertz CT molecular complexity index is 824. The maximum Gasteiger partial charge on any atom is 0.407 e. The smallest absolute Gasteiger partial charge is 0.407 e. The van der Waals surface area contributed by atoms with Crippen molar-refractivity contribution in [3.63, 3.8) is 0 Å². The predicted octanol–water partition coefficient (Wildman–Crippen LogP) is 4.46. The fourth-order valence-corrected chi connectivity index (χ4v) is 5.48. The number of amides is 2. The van der Waals surface area contributed by atoms with Crippen molar-refractivity contribution in [3.05, 3.63) is 35.4 Å². The third kappa shape index (κ3) is 3.83. The lowest BCUT2D eigenvalue weighted by Crippen LogP contribution is -2.50. The summed E-state index contributed by atoms with van der Waals surface area (Å²) in [6, 6.07) is 9.11. The first-order valence-electron chi connectivity index (χ1n) is 11.5. The number of hydrogen-bond acceptors (Lipinski definition) is 3. The third-order valence-electron chi connectivity index (χ3n) is 7.47. The molecular formula is C25H36N2O3. The molecule has 0 radical (unpaired) electrons. The van der Waals surface area contributed by atoms with Gasteiger partial charge in [-0.2, -0.15) is 0 Å². The second-order valence-electron chi connectivity index (χ2n) is 10.8. The van der Waals surface area contributed by atoms with Gasteiger partial charge in [0.15, 0.2) is 0 Å². The van der Waals surface area contributed by atoms with Crippen LogP contribution in [0.15, 0.2) is 24.3 Å². The number of carbonyl (C=O) groups is 2. The fourth-order valence-electron chi connectivity index (χ4n) is 5.48. The summed E-state index contributed by atoms with van der Waals surface area (Å²) in [6.45, 7) is 13.2. The lowest BCUT2D eigenvalue weighted by atomic mass is 9.79. The summed E-state index contributed by atoms with van der Waals surface area (Å²) >= 11 is 0. The van der Waals surface area contributed by atoms with Gasteiger partial charge >= 0.3 is 6.09 Å². The van der Waals surface area contributed by atoms with Crippen LogP contribution in [0.1, 0.15) is 70.9 Å². The lowest BCUT2D eigenvalue weighted by molar-refractivity contribution is -0.138. The first-order valence-corrected chi connectivity index (χ1v) is 11.5. The molecule has 0 aromatic heterocycles. The fraction of sp³-hybridized carbons (Fsp3) is 0.680. The summed E-state index contributed by atoms with van der Waals surface area (Å²) in [4.78, 5) is 26.7. The maximum absolute atomic E-state index is 13.0. The van der Waals surface area contributed by atoms with Crippen LogP contribution in [0.4, 0.5) is 4.79 Å². The van der Waals surface area contributed by atoms with Crippen molar-refractivity contribution < 1.29 is 14.3 Å². The molecule has 1 aliphatic heterocycles. The van der Waals surface area contributed by atoms with Gasteiger partial charge in [-0.1, -0.05) is 58.9 Å². The zero-order valence-corrected chi connectivity index (χ0v) is 19.0. The van der Waals surface area contributed by atoms with Crippen molar-refractivity contribution in [1.29, 1.82) is 0 Å². The average Bonchev–Trinajstić information content (AvgIpc) is 3.07. The van der Waals surface area contributed by atoms with Gasteiger partial charge in [-0.25, -0.2) is 4.79 Å². The number of hydrogen-bond donors (Lipinski definition) is 1. The molecule has 2 amide bonds. The van der Waals surface area contributed by atoms with E-state index in [-0.39, 0.29) is 34.8 Å². The van der Waals surface area contributed by atoms with E-state index in [0.29, 0.717) is 18.4 Å². The average molecular weight is 413 g/mol. The predicted molar refractivity (Wildman–Crippen MR) is 117 cm³/mol. The molecule has 1 heterocycles. The van der Waals surface area contributed by atoms with E-state index in [1.54, 1.807) is 0 Å². The highest BCUT2D eigenvalue weighted by molar-refractivity contribution is 5.81. The number of ether oxygens (including phenoxy) is 1. The molecule has 30 heavy (non-hydrogen) atoms. The highest BCUT2D eigenvalue weighted by Crippen LogP contribution is 2.68. The van der Waals surface area contributed by atoms with Crippen LogP contribution in [0.25, 0.3) is 0 Å². The first kappa shape index (κ1) is 21.2. The van der Waals surface area contributed by atoms with Crippen LogP contribution in [-0.4, -0.2) is 42.6 Å². The molecule has 0 spiro atoms. The van der Waals surface area contributed by atoms with E-state index in [2.05, 4.69) is 62.2 Å². The standard InChI is InChI=1S/C25H36N2O3/c1-6-10-30-23(29)26-19-12-17(13-19)22(28)27-14-20-21(25(20,5)15-27)16-8-7-9-18(11-16)24(2,3)4/h7-9,11,17,19-21H,6,10,12-15H2,1-5H3,(H,26,29)/t17?,19?,20-,21-,25-/m0/s1. The van der Waals surface area contributed by atoms with Crippen LogP contribution < -0.4 is 5.32 Å². The molecule has 5 heteroatoms. The molecule has 1 aromatic rings. The molecule has 0 bridgehead atoms. The number of nitrogens with one attached hydrogen (secondary N) is 1. The zero-order valence-electron chi connectivity index (χ0n) is 19.0. The molecule has 3 atom stereocenters. The number of piperidine rings is 1. The molecule has 1 aromatic carbocycles. The Morgan fingerprint density at radius 1 is 1.27 bits per heavy atom. The van der Waals surface area contributed by atoms with Crippen LogP contribution in [0.5, 0.6) is 0 Å².